The van der Waals surface area contributed by atoms with Crippen LogP contribution in [0.4, 0.5) is 0 Å². The molecule has 3 aromatic rings. The molecule has 3 nitrogen and oxygen atoms in total. The van der Waals surface area contributed by atoms with Gasteiger partial charge in [0.05, 0.1) is 12.7 Å². The van der Waals surface area contributed by atoms with Crippen LogP contribution in [0.5, 0.6) is 0 Å². The summed E-state index contributed by atoms with van der Waals surface area (Å²) in [5.74, 6) is -0.325. The SMILES string of the molecule is CCc1[nH]c2cc(Cl)ccc2c1Sc1cccc(C(=O)OC)c1. The van der Waals surface area contributed by atoms with E-state index in [9.17, 15) is 4.79 Å². The topological polar surface area (TPSA) is 42.1 Å². The molecule has 118 valence electrons. The van der Waals surface area contributed by atoms with E-state index < -0.39 is 0 Å². The Bertz CT molecular complexity index is 873. The maximum absolute atomic E-state index is 11.7. The Labute approximate surface area is 144 Å². The highest BCUT2D eigenvalue weighted by Gasteiger charge is 2.13. The van der Waals surface area contributed by atoms with Gasteiger partial charge in [0.15, 0.2) is 0 Å². The van der Waals surface area contributed by atoms with Crippen LogP contribution in [0.15, 0.2) is 52.3 Å². The van der Waals surface area contributed by atoms with Crippen LogP contribution in [0.1, 0.15) is 23.0 Å². The van der Waals surface area contributed by atoms with Crippen LogP contribution in [-0.2, 0) is 11.2 Å². The first-order valence-electron chi connectivity index (χ1n) is 7.28. The van der Waals surface area contributed by atoms with Crippen molar-refractivity contribution in [3.05, 3.63) is 58.7 Å². The molecule has 5 heteroatoms. The van der Waals surface area contributed by atoms with Crippen LogP contribution < -0.4 is 0 Å². The van der Waals surface area contributed by atoms with Gasteiger partial charge in [-0.1, -0.05) is 42.4 Å². The molecule has 3 rings (SSSR count). The first-order valence-corrected chi connectivity index (χ1v) is 8.48. The molecule has 0 amide bonds. The number of halogens is 1. The van der Waals surface area contributed by atoms with Gasteiger partial charge >= 0.3 is 5.97 Å². The highest BCUT2D eigenvalue weighted by molar-refractivity contribution is 7.99. The number of ether oxygens (including phenoxy) is 1. The van der Waals surface area contributed by atoms with E-state index >= 15 is 0 Å². The minimum absolute atomic E-state index is 0.325. The number of aryl methyl sites for hydroxylation is 1. The summed E-state index contributed by atoms with van der Waals surface area (Å²) in [7, 11) is 1.39. The molecule has 0 aliphatic rings. The molecule has 0 fully saturated rings. The van der Waals surface area contributed by atoms with Crippen molar-refractivity contribution in [3.63, 3.8) is 0 Å². The van der Waals surface area contributed by atoms with E-state index in [4.69, 9.17) is 16.3 Å². The summed E-state index contributed by atoms with van der Waals surface area (Å²) in [6, 6.07) is 13.3. The largest absolute Gasteiger partial charge is 0.465 e. The molecule has 1 heterocycles. The average Bonchev–Trinajstić information content (AvgIpc) is 2.91. The van der Waals surface area contributed by atoms with Crippen molar-refractivity contribution in [1.29, 1.82) is 0 Å². The van der Waals surface area contributed by atoms with Gasteiger partial charge in [-0.25, -0.2) is 4.79 Å². The number of nitrogens with one attached hydrogen (secondary N) is 1. The third-order valence-corrected chi connectivity index (χ3v) is 5.01. The molecule has 0 radical (unpaired) electrons. The zero-order valence-electron chi connectivity index (χ0n) is 12.9. The summed E-state index contributed by atoms with van der Waals surface area (Å²) in [6.45, 7) is 2.11. The summed E-state index contributed by atoms with van der Waals surface area (Å²) in [5, 5.41) is 1.85. The average molecular weight is 346 g/mol. The highest BCUT2D eigenvalue weighted by atomic mass is 35.5. The van der Waals surface area contributed by atoms with E-state index in [2.05, 4.69) is 11.9 Å². The third-order valence-electron chi connectivity index (χ3n) is 3.61. The zero-order chi connectivity index (χ0) is 16.4. The van der Waals surface area contributed by atoms with E-state index in [0.29, 0.717) is 10.6 Å². The van der Waals surface area contributed by atoms with Crippen molar-refractivity contribution in [3.8, 4) is 0 Å². The number of carbonyl (C=O) groups excluding carboxylic acids is 1. The number of aromatic amines is 1. The first kappa shape index (κ1) is 16.0. The molecule has 0 saturated carbocycles. The van der Waals surface area contributed by atoms with Crippen molar-refractivity contribution in [2.24, 2.45) is 0 Å². The second-order valence-corrected chi connectivity index (χ2v) is 6.62. The molecule has 0 atom stereocenters. The number of benzene rings is 2. The van der Waals surface area contributed by atoms with Crippen LogP contribution in [-0.4, -0.2) is 18.1 Å². The number of H-pyrrole nitrogens is 1. The number of hydrogen-bond donors (Lipinski definition) is 1. The molecular weight excluding hydrogens is 330 g/mol. The van der Waals surface area contributed by atoms with Gasteiger partial charge in [-0.3, -0.25) is 0 Å². The number of methoxy groups -OCH3 is 1. The molecule has 0 saturated heterocycles. The quantitative estimate of drug-likeness (QED) is 0.650. The van der Waals surface area contributed by atoms with Crippen molar-refractivity contribution in [1.82, 2.24) is 4.98 Å². The predicted octanol–water partition coefficient (Wildman–Crippen LogP) is 5.32. The van der Waals surface area contributed by atoms with Crippen molar-refractivity contribution in [2.45, 2.75) is 23.1 Å². The van der Waals surface area contributed by atoms with Crippen molar-refractivity contribution in [2.75, 3.05) is 7.11 Å². The normalized spacial score (nSPS) is 10.9. The number of rotatable bonds is 4. The maximum atomic E-state index is 11.7. The Morgan fingerprint density at radius 3 is 2.83 bits per heavy atom. The fourth-order valence-corrected chi connectivity index (χ4v) is 3.83. The van der Waals surface area contributed by atoms with Crippen LogP contribution in [0.2, 0.25) is 5.02 Å². The van der Waals surface area contributed by atoms with Gasteiger partial charge in [0.1, 0.15) is 0 Å². The Morgan fingerprint density at radius 1 is 1.26 bits per heavy atom. The lowest BCUT2D eigenvalue weighted by molar-refractivity contribution is 0.0600. The molecule has 23 heavy (non-hydrogen) atoms. The number of aromatic nitrogens is 1. The minimum Gasteiger partial charge on any atom is -0.465 e. The number of esters is 1. The summed E-state index contributed by atoms with van der Waals surface area (Å²) < 4.78 is 4.79. The van der Waals surface area contributed by atoms with E-state index in [-0.39, 0.29) is 5.97 Å². The van der Waals surface area contributed by atoms with Crippen molar-refractivity contribution < 1.29 is 9.53 Å². The van der Waals surface area contributed by atoms with Gasteiger partial charge in [-0.05, 0) is 36.8 Å². The summed E-state index contributed by atoms with van der Waals surface area (Å²) in [6.07, 6.45) is 0.894. The Hall–Kier alpha value is -1.91. The molecule has 0 aliphatic heterocycles. The Morgan fingerprint density at radius 2 is 2.09 bits per heavy atom. The second kappa shape index (κ2) is 6.69. The lowest BCUT2D eigenvalue weighted by atomic mass is 10.2. The second-order valence-electron chi connectivity index (χ2n) is 5.10. The van der Waals surface area contributed by atoms with Gasteiger partial charge in [-0.15, -0.1) is 0 Å². The van der Waals surface area contributed by atoms with Gasteiger partial charge in [0.2, 0.25) is 0 Å². The fourth-order valence-electron chi connectivity index (χ4n) is 2.49. The zero-order valence-corrected chi connectivity index (χ0v) is 14.4. The van der Waals surface area contributed by atoms with Crippen LogP contribution >= 0.6 is 23.4 Å². The smallest absolute Gasteiger partial charge is 0.337 e. The maximum Gasteiger partial charge on any atom is 0.337 e. The fraction of sp³-hybridized carbons (Fsp3) is 0.167. The van der Waals surface area contributed by atoms with E-state index in [0.717, 1.165) is 27.9 Å². The lowest BCUT2D eigenvalue weighted by Gasteiger charge is -2.05. The molecule has 0 aliphatic carbocycles. The standard InChI is InChI=1S/C18H16ClNO2S/c1-3-15-17(14-8-7-12(19)10-16(14)20-15)23-13-6-4-5-11(9-13)18(21)22-2/h4-10,20H,3H2,1-2H3. The van der Waals surface area contributed by atoms with Gasteiger partial charge in [0, 0.05) is 31.4 Å². The number of fused-ring (bicyclic) bond motifs is 1. The first-order chi connectivity index (χ1) is 11.1. The van der Waals surface area contributed by atoms with Crippen LogP contribution in [0.3, 0.4) is 0 Å². The molecule has 1 aromatic heterocycles. The molecule has 0 unspecified atom stereocenters. The van der Waals surface area contributed by atoms with Crippen LogP contribution in [0.25, 0.3) is 10.9 Å². The monoisotopic (exact) mass is 345 g/mol. The minimum atomic E-state index is -0.325. The van der Waals surface area contributed by atoms with E-state index in [1.165, 1.54) is 12.0 Å². The predicted molar refractivity (Wildman–Crippen MR) is 94.6 cm³/mol. The molecule has 1 N–H and O–H groups in total. The lowest BCUT2D eigenvalue weighted by Crippen LogP contribution is -2.00. The summed E-state index contributed by atoms with van der Waals surface area (Å²) >= 11 is 7.72. The Kier molecular flexibility index (Phi) is 4.64. The summed E-state index contributed by atoms with van der Waals surface area (Å²) in [4.78, 5) is 17.3. The van der Waals surface area contributed by atoms with E-state index in [1.54, 1.807) is 17.8 Å². The van der Waals surface area contributed by atoms with Gasteiger partial charge < -0.3 is 9.72 Å². The highest BCUT2D eigenvalue weighted by Crippen LogP contribution is 2.38. The number of carbonyl (C=O) groups is 1. The van der Waals surface area contributed by atoms with E-state index in [1.807, 2.05) is 36.4 Å². The molecule has 0 spiro atoms. The van der Waals surface area contributed by atoms with Gasteiger partial charge in [0.25, 0.3) is 0 Å². The third kappa shape index (κ3) is 3.23. The number of hydrogen-bond acceptors (Lipinski definition) is 3. The van der Waals surface area contributed by atoms with Crippen LogP contribution in [0, 0.1) is 0 Å². The molecule has 2 aromatic carbocycles. The molecular formula is C18H16ClNO2S. The molecule has 0 bridgehead atoms. The Balaban J connectivity index is 2.02. The summed E-state index contributed by atoms with van der Waals surface area (Å²) in [5.41, 5.74) is 2.75. The van der Waals surface area contributed by atoms with Gasteiger partial charge in [-0.2, -0.15) is 0 Å². The van der Waals surface area contributed by atoms with Crippen molar-refractivity contribution >= 4 is 40.2 Å².